The molecule has 10 nitrogen and oxygen atoms in total. The Kier molecular flexibility index (Phi) is 9.25. The molecule has 0 spiro atoms. The minimum atomic E-state index is -0.959. The lowest BCUT2D eigenvalue weighted by Crippen LogP contribution is -2.59. The number of hydrogen-bond donors (Lipinski definition) is 2. The molecule has 2 aromatic carbocycles. The van der Waals surface area contributed by atoms with Gasteiger partial charge >= 0.3 is 6.09 Å². The lowest BCUT2D eigenvalue weighted by molar-refractivity contribution is -0.168. The molecule has 3 unspecified atom stereocenters. The van der Waals surface area contributed by atoms with Gasteiger partial charge in [0.1, 0.15) is 17.5 Å². The van der Waals surface area contributed by atoms with E-state index in [4.69, 9.17) is 14.2 Å². The monoisotopic (exact) mass is 590 g/mol. The van der Waals surface area contributed by atoms with Crippen molar-refractivity contribution in [3.63, 3.8) is 0 Å². The standard InChI is InChI=1S/C33H42N4O6/c1-5-6-17-41-24-13-11-23(12-14-24)35-30(38)18-28-31(39)37(16-15-22-19-34-26-10-8-7-9-25(22)26)27-20-36(21-29(27)42-28)32(40)43-33(2,3)4/h7-14,19,27-29,34H,5-6,15-18,20-21H2,1-4H3,(H,35,38). The van der Waals surface area contributed by atoms with Crippen LogP contribution in [0.3, 0.4) is 0 Å². The number of aromatic nitrogens is 1. The second-order valence-corrected chi connectivity index (χ2v) is 12.2. The molecule has 1 aromatic heterocycles. The van der Waals surface area contributed by atoms with E-state index in [0.29, 0.717) is 31.8 Å². The number of aromatic amines is 1. The van der Waals surface area contributed by atoms with Crippen molar-refractivity contribution in [1.82, 2.24) is 14.8 Å². The maximum absolute atomic E-state index is 13.8. The van der Waals surface area contributed by atoms with Gasteiger partial charge in [0.15, 0.2) is 0 Å². The molecule has 2 fully saturated rings. The molecule has 0 radical (unpaired) electrons. The van der Waals surface area contributed by atoms with Gasteiger partial charge in [-0.1, -0.05) is 31.5 Å². The van der Waals surface area contributed by atoms with Gasteiger partial charge in [-0.3, -0.25) is 9.59 Å². The van der Waals surface area contributed by atoms with Crippen molar-refractivity contribution < 1.29 is 28.6 Å². The molecule has 2 N–H and O–H groups in total. The van der Waals surface area contributed by atoms with Crippen molar-refractivity contribution in [3.8, 4) is 5.75 Å². The third kappa shape index (κ3) is 7.48. The zero-order chi connectivity index (χ0) is 30.6. The highest BCUT2D eigenvalue weighted by atomic mass is 16.6. The predicted octanol–water partition coefficient (Wildman–Crippen LogP) is 5.13. The zero-order valence-corrected chi connectivity index (χ0v) is 25.4. The summed E-state index contributed by atoms with van der Waals surface area (Å²) in [6.07, 6.45) is 2.67. The van der Waals surface area contributed by atoms with Crippen LogP contribution >= 0.6 is 0 Å². The molecular formula is C33H42N4O6. The summed E-state index contributed by atoms with van der Waals surface area (Å²) in [7, 11) is 0. The van der Waals surface area contributed by atoms with Crippen LogP contribution in [0.25, 0.3) is 10.9 Å². The van der Waals surface area contributed by atoms with E-state index < -0.39 is 23.9 Å². The van der Waals surface area contributed by atoms with Crippen molar-refractivity contribution in [3.05, 3.63) is 60.3 Å². The fraction of sp³-hybridized carbons (Fsp3) is 0.485. The first kappa shape index (κ1) is 30.4. The number of nitrogens with zero attached hydrogens (tertiary/aromatic N) is 2. The van der Waals surface area contributed by atoms with Gasteiger partial charge in [0.2, 0.25) is 5.91 Å². The summed E-state index contributed by atoms with van der Waals surface area (Å²) in [6, 6.07) is 14.9. The zero-order valence-electron chi connectivity index (χ0n) is 25.4. The van der Waals surface area contributed by atoms with Crippen LogP contribution in [0.5, 0.6) is 5.75 Å². The van der Waals surface area contributed by atoms with Gasteiger partial charge in [-0.2, -0.15) is 0 Å². The number of fused-ring (bicyclic) bond motifs is 2. The summed E-state index contributed by atoms with van der Waals surface area (Å²) in [5.41, 5.74) is 2.11. The first-order valence-electron chi connectivity index (χ1n) is 15.1. The van der Waals surface area contributed by atoms with Crippen LogP contribution in [0, 0.1) is 0 Å². The maximum atomic E-state index is 13.8. The summed E-state index contributed by atoms with van der Waals surface area (Å²) in [4.78, 5) is 46.5. The summed E-state index contributed by atoms with van der Waals surface area (Å²) in [5, 5.41) is 3.98. The number of H-pyrrole nitrogens is 1. The van der Waals surface area contributed by atoms with Gasteiger partial charge in [0, 0.05) is 35.9 Å². The Morgan fingerprint density at radius 2 is 1.86 bits per heavy atom. The number of unbranched alkanes of at least 4 members (excludes halogenated alkanes) is 1. The van der Waals surface area contributed by atoms with E-state index in [1.54, 1.807) is 21.9 Å². The number of amides is 3. The molecular weight excluding hydrogens is 548 g/mol. The number of nitrogens with one attached hydrogen (secondary N) is 2. The molecule has 0 saturated carbocycles. The second-order valence-electron chi connectivity index (χ2n) is 12.2. The highest BCUT2D eigenvalue weighted by molar-refractivity contribution is 5.95. The third-order valence-corrected chi connectivity index (χ3v) is 7.76. The molecule has 0 bridgehead atoms. The molecule has 3 aromatic rings. The average Bonchev–Trinajstić information content (AvgIpc) is 3.58. The predicted molar refractivity (Wildman–Crippen MR) is 164 cm³/mol. The summed E-state index contributed by atoms with van der Waals surface area (Å²) in [5.74, 6) is 0.168. The van der Waals surface area contributed by atoms with Crippen LogP contribution in [0.1, 0.15) is 52.5 Å². The maximum Gasteiger partial charge on any atom is 0.410 e. The lowest BCUT2D eigenvalue weighted by Gasteiger charge is -2.40. The average molecular weight is 591 g/mol. The molecule has 2 aliphatic heterocycles. The van der Waals surface area contributed by atoms with Gasteiger partial charge in [0.05, 0.1) is 31.7 Å². The van der Waals surface area contributed by atoms with E-state index in [-0.39, 0.29) is 30.8 Å². The first-order valence-corrected chi connectivity index (χ1v) is 15.1. The molecule has 2 saturated heterocycles. The number of ether oxygens (including phenoxy) is 3. The van der Waals surface area contributed by atoms with Crippen molar-refractivity contribution in [2.75, 3.05) is 31.6 Å². The Morgan fingerprint density at radius 1 is 1.09 bits per heavy atom. The van der Waals surface area contributed by atoms with E-state index in [2.05, 4.69) is 23.3 Å². The van der Waals surface area contributed by atoms with Gasteiger partial charge in [-0.15, -0.1) is 0 Å². The third-order valence-electron chi connectivity index (χ3n) is 7.76. The number of anilines is 1. The second kappa shape index (κ2) is 13.1. The number of hydrogen-bond acceptors (Lipinski definition) is 6. The molecule has 5 rings (SSSR count). The van der Waals surface area contributed by atoms with Crippen LogP contribution in [0.2, 0.25) is 0 Å². The largest absolute Gasteiger partial charge is 0.494 e. The van der Waals surface area contributed by atoms with E-state index >= 15 is 0 Å². The molecule has 2 aliphatic rings. The Hall–Kier alpha value is -4.05. The van der Waals surface area contributed by atoms with E-state index in [1.165, 1.54) is 0 Å². The number of carbonyl (C=O) groups is 3. The number of likely N-dealkylation sites (tertiary alicyclic amines) is 1. The van der Waals surface area contributed by atoms with Crippen LogP contribution in [-0.2, 0) is 25.5 Å². The fourth-order valence-electron chi connectivity index (χ4n) is 5.62. The number of para-hydroxylation sites is 1. The fourth-order valence-corrected chi connectivity index (χ4v) is 5.62. The van der Waals surface area contributed by atoms with E-state index in [9.17, 15) is 14.4 Å². The summed E-state index contributed by atoms with van der Waals surface area (Å²) < 4.78 is 17.5. The van der Waals surface area contributed by atoms with E-state index in [1.807, 2.05) is 57.3 Å². The molecule has 3 heterocycles. The SMILES string of the molecule is CCCCOc1ccc(NC(=O)CC2OC3CN(C(=O)OC(C)(C)C)CC3N(CCc3c[nH]c4ccccc34)C2=O)cc1. The Morgan fingerprint density at radius 3 is 2.60 bits per heavy atom. The number of benzene rings is 2. The van der Waals surface area contributed by atoms with Crippen molar-refractivity contribution in [1.29, 1.82) is 0 Å². The quantitative estimate of drug-likeness (QED) is 0.317. The highest BCUT2D eigenvalue weighted by Crippen LogP contribution is 2.30. The molecule has 230 valence electrons. The van der Waals surface area contributed by atoms with Gasteiger partial charge in [-0.25, -0.2) is 4.79 Å². The van der Waals surface area contributed by atoms with E-state index in [0.717, 1.165) is 35.1 Å². The summed E-state index contributed by atoms with van der Waals surface area (Å²) >= 11 is 0. The highest BCUT2D eigenvalue weighted by Gasteiger charge is 2.49. The van der Waals surface area contributed by atoms with Gasteiger partial charge in [0.25, 0.3) is 5.91 Å². The van der Waals surface area contributed by atoms with Crippen LogP contribution in [0.4, 0.5) is 10.5 Å². The molecule has 3 atom stereocenters. The Bertz CT molecular complexity index is 1430. The van der Waals surface area contributed by atoms with Crippen molar-refractivity contribution in [2.24, 2.45) is 0 Å². The summed E-state index contributed by atoms with van der Waals surface area (Å²) in [6.45, 7) is 9.25. The lowest BCUT2D eigenvalue weighted by atomic mass is 10.0. The number of rotatable bonds is 10. The Balaban J connectivity index is 1.27. The molecule has 10 heteroatoms. The minimum Gasteiger partial charge on any atom is -0.494 e. The van der Waals surface area contributed by atoms with Crippen LogP contribution in [-0.4, -0.2) is 82.8 Å². The topological polar surface area (TPSA) is 113 Å². The smallest absolute Gasteiger partial charge is 0.410 e. The Labute approximate surface area is 252 Å². The molecule has 0 aliphatic carbocycles. The van der Waals surface area contributed by atoms with Crippen molar-refractivity contribution >= 4 is 34.5 Å². The van der Waals surface area contributed by atoms with Gasteiger partial charge in [-0.05, 0) is 69.5 Å². The van der Waals surface area contributed by atoms with Crippen LogP contribution in [0.15, 0.2) is 54.7 Å². The minimum absolute atomic E-state index is 0.132. The van der Waals surface area contributed by atoms with Gasteiger partial charge < -0.3 is 34.3 Å². The van der Waals surface area contributed by atoms with Crippen molar-refractivity contribution in [2.45, 2.75) is 77.2 Å². The van der Waals surface area contributed by atoms with Crippen LogP contribution < -0.4 is 10.1 Å². The number of carbonyl (C=O) groups excluding carboxylic acids is 3. The first-order chi connectivity index (χ1) is 20.6. The number of morpholine rings is 1. The normalized spacial score (nSPS) is 20.3. The molecule has 43 heavy (non-hydrogen) atoms. The molecule has 3 amide bonds.